The molecule has 1 aliphatic heterocycles. The molecule has 4 heteroatoms. The summed E-state index contributed by atoms with van der Waals surface area (Å²) in [5, 5.41) is 3.37. The smallest absolute Gasteiger partial charge is 0.171 e. The number of rotatable bonds is 1. The van der Waals surface area contributed by atoms with E-state index in [0.29, 0.717) is 6.61 Å². The highest BCUT2D eigenvalue weighted by Gasteiger charge is 2.35. The van der Waals surface area contributed by atoms with Crippen molar-refractivity contribution in [1.29, 1.82) is 0 Å². The van der Waals surface area contributed by atoms with Gasteiger partial charge in [0.15, 0.2) is 5.78 Å². The van der Waals surface area contributed by atoms with E-state index in [-0.39, 0.29) is 17.7 Å². The lowest BCUT2D eigenvalue weighted by Crippen LogP contribution is -2.49. The number of carbonyl (C=O) groups is 1. The van der Waals surface area contributed by atoms with Gasteiger partial charge in [0.25, 0.3) is 0 Å². The number of hydrogen-bond donors (Lipinski definition) is 1. The largest absolute Gasteiger partial charge is 0.469 e. The van der Waals surface area contributed by atoms with Gasteiger partial charge in [-0.1, -0.05) is 0 Å². The summed E-state index contributed by atoms with van der Waals surface area (Å²) in [6.45, 7) is 2.23. The Bertz CT molecular complexity index is 393. The van der Waals surface area contributed by atoms with Crippen molar-refractivity contribution in [2.45, 2.75) is 18.9 Å². The van der Waals surface area contributed by atoms with Gasteiger partial charge >= 0.3 is 0 Å². The van der Waals surface area contributed by atoms with Gasteiger partial charge in [0, 0.05) is 24.9 Å². The summed E-state index contributed by atoms with van der Waals surface area (Å²) >= 11 is 0. The predicted octanol–water partition coefficient (Wildman–Crippen LogP) is 1.01. The highest BCUT2D eigenvalue weighted by atomic mass is 16.5. The molecule has 2 unspecified atom stereocenters. The molecule has 0 bridgehead atoms. The number of carbonyl (C=O) groups excluding carboxylic acids is 1. The Morgan fingerprint density at radius 3 is 3.19 bits per heavy atom. The van der Waals surface area contributed by atoms with Gasteiger partial charge in [-0.25, -0.2) is 0 Å². The lowest BCUT2D eigenvalue weighted by molar-refractivity contribution is 0.0474. The first-order valence-electron chi connectivity index (χ1n) is 5.78. The SMILES string of the molecule is O=C1c2ccoc2CCC1C1COCCN1. The first-order valence-corrected chi connectivity index (χ1v) is 5.78. The molecule has 0 saturated carbocycles. The molecule has 2 heterocycles. The van der Waals surface area contributed by atoms with E-state index < -0.39 is 0 Å². The Balaban J connectivity index is 1.81. The standard InChI is InChI=1S/C12H15NO3/c14-12-8(10-7-15-6-4-13-10)1-2-11-9(12)3-5-16-11/h3,5,8,10,13H,1-2,4,6-7H2. The van der Waals surface area contributed by atoms with E-state index in [1.54, 1.807) is 12.3 Å². The van der Waals surface area contributed by atoms with Gasteiger partial charge in [-0.15, -0.1) is 0 Å². The van der Waals surface area contributed by atoms with E-state index in [1.165, 1.54) is 0 Å². The van der Waals surface area contributed by atoms with Crippen molar-refractivity contribution in [3.8, 4) is 0 Å². The second-order valence-electron chi connectivity index (χ2n) is 4.40. The number of ether oxygens (including phenoxy) is 1. The Morgan fingerprint density at radius 2 is 2.38 bits per heavy atom. The molecule has 0 amide bonds. The van der Waals surface area contributed by atoms with E-state index in [2.05, 4.69) is 5.32 Å². The molecule has 2 atom stereocenters. The lowest BCUT2D eigenvalue weighted by atomic mass is 9.82. The molecule has 1 aliphatic carbocycles. The van der Waals surface area contributed by atoms with Gasteiger partial charge in [0.05, 0.1) is 25.0 Å². The molecular weight excluding hydrogens is 206 g/mol. The fourth-order valence-corrected chi connectivity index (χ4v) is 2.60. The van der Waals surface area contributed by atoms with E-state index >= 15 is 0 Å². The van der Waals surface area contributed by atoms with Gasteiger partial charge in [-0.2, -0.15) is 0 Å². The molecule has 4 nitrogen and oxygen atoms in total. The molecule has 86 valence electrons. The zero-order chi connectivity index (χ0) is 11.0. The lowest BCUT2D eigenvalue weighted by Gasteiger charge is -2.32. The zero-order valence-corrected chi connectivity index (χ0v) is 9.07. The van der Waals surface area contributed by atoms with Crippen molar-refractivity contribution < 1.29 is 13.9 Å². The normalized spacial score (nSPS) is 30.1. The first-order chi connectivity index (χ1) is 7.86. The van der Waals surface area contributed by atoms with Crippen LogP contribution in [0.15, 0.2) is 16.7 Å². The van der Waals surface area contributed by atoms with Crippen molar-refractivity contribution in [2.75, 3.05) is 19.8 Å². The van der Waals surface area contributed by atoms with Crippen LogP contribution in [0.5, 0.6) is 0 Å². The maximum Gasteiger partial charge on any atom is 0.171 e. The fraction of sp³-hybridized carbons (Fsp3) is 0.583. The highest BCUT2D eigenvalue weighted by Crippen LogP contribution is 2.28. The molecule has 16 heavy (non-hydrogen) atoms. The topological polar surface area (TPSA) is 51.5 Å². The number of morpholine rings is 1. The Kier molecular flexibility index (Phi) is 2.53. The fourth-order valence-electron chi connectivity index (χ4n) is 2.60. The zero-order valence-electron chi connectivity index (χ0n) is 9.07. The maximum atomic E-state index is 12.2. The third kappa shape index (κ3) is 1.58. The predicted molar refractivity (Wildman–Crippen MR) is 57.5 cm³/mol. The van der Waals surface area contributed by atoms with Gasteiger partial charge in [-0.3, -0.25) is 4.79 Å². The molecule has 1 aromatic rings. The van der Waals surface area contributed by atoms with Gasteiger partial charge in [0.2, 0.25) is 0 Å². The molecule has 3 rings (SSSR count). The van der Waals surface area contributed by atoms with Crippen molar-refractivity contribution >= 4 is 5.78 Å². The van der Waals surface area contributed by atoms with Crippen LogP contribution < -0.4 is 5.32 Å². The molecule has 1 fully saturated rings. The van der Waals surface area contributed by atoms with Crippen LogP contribution in [0.4, 0.5) is 0 Å². The molecule has 2 aliphatic rings. The van der Waals surface area contributed by atoms with E-state index in [1.807, 2.05) is 0 Å². The summed E-state index contributed by atoms with van der Waals surface area (Å²) in [5.41, 5.74) is 0.767. The third-order valence-corrected chi connectivity index (χ3v) is 3.47. The minimum atomic E-state index is 0.0467. The highest BCUT2D eigenvalue weighted by molar-refractivity contribution is 6.00. The molecule has 0 spiro atoms. The average Bonchev–Trinajstić information content (AvgIpc) is 2.80. The van der Waals surface area contributed by atoms with E-state index in [9.17, 15) is 4.79 Å². The van der Waals surface area contributed by atoms with Crippen LogP contribution in [0.2, 0.25) is 0 Å². The summed E-state index contributed by atoms with van der Waals surface area (Å²) < 4.78 is 10.7. The number of fused-ring (bicyclic) bond motifs is 1. The third-order valence-electron chi connectivity index (χ3n) is 3.47. The summed E-state index contributed by atoms with van der Waals surface area (Å²) in [6, 6.07) is 1.96. The summed E-state index contributed by atoms with van der Waals surface area (Å²) in [7, 11) is 0. The number of hydrogen-bond acceptors (Lipinski definition) is 4. The van der Waals surface area contributed by atoms with Crippen LogP contribution in [0.25, 0.3) is 0 Å². The second-order valence-corrected chi connectivity index (χ2v) is 4.40. The minimum absolute atomic E-state index is 0.0467. The van der Waals surface area contributed by atoms with Crippen LogP contribution in [0.3, 0.4) is 0 Å². The molecule has 0 aromatic carbocycles. The first kappa shape index (κ1) is 10.1. The quantitative estimate of drug-likeness (QED) is 0.769. The molecular formula is C12H15NO3. The van der Waals surface area contributed by atoms with Crippen LogP contribution in [0.1, 0.15) is 22.5 Å². The number of Topliss-reactive ketones (excluding diaryl/α,β-unsaturated/α-hetero) is 1. The maximum absolute atomic E-state index is 12.2. The Morgan fingerprint density at radius 1 is 1.44 bits per heavy atom. The number of furan rings is 1. The van der Waals surface area contributed by atoms with Gasteiger partial charge in [0.1, 0.15) is 5.76 Å². The van der Waals surface area contributed by atoms with Crippen molar-refractivity contribution in [3.63, 3.8) is 0 Å². The molecule has 1 saturated heterocycles. The van der Waals surface area contributed by atoms with E-state index in [0.717, 1.165) is 37.3 Å². The molecule has 0 radical (unpaired) electrons. The number of ketones is 1. The minimum Gasteiger partial charge on any atom is -0.469 e. The van der Waals surface area contributed by atoms with Crippen LogP contribution in [0, 0.1) is 5.92 Å². The van der Waals surface area contributed by atoms with Crippen LogP contribution in [-0.2, 0) is 11.2 Å². The van der Waals surface area contributed by atoms with Crippen molar-refractivity contribution in [2.24, 2.45) is 5.92 Å². The Labute approximate surface area is 94.0 Å². The number of aryl methyl sites for hydroxylation is 1. The summed E-state index contributed by atoms with van der Waals surface area (Å²) in [4.78, 5) is 12.2. The van der Waals surface area contributed by atoms with Crippen LogP contribution >= 0.6 is 0 Å². The van der Waals surface area contributed by atoms with Crippen LogP contribution in [-0.4, -0.2) is 31.6 Å². The Hall–Kier alpha value is -1.13. The summed E-state index contributed by atoms with van der Waals surface area (Å²) in [5.74, 6) is 1.10. The van der Waals surface area contributed by atoms with E-state index in [4.69, 9.17) is 9.15 Å². The van der Waals surface area contributed by atoms with Crippen molar-refractivity contribution in [1.82, 2.24) is 5.32 Å². The molecule has 1 N–H and O–H groups in total. The van der Waals surface area contributed by atoms with Crippen molar-refractivity contribution in [3.05, 3.63) is 23.7 Å². The second kappa shape index (κ2) is 4.03. The molecule has 1 aromatic heterocycles. The van der Waals surface area contributed by atoms with Gasteiger partial charge < -0.3 is 14.5 Å². The number of nitrogens with one attached hydrogen (secondary N) is 1. The summed E-state index contributed by atoms with van der Waals surface area (Å²) in [6.07, 6.45) is 3.33. The van der Waals surface area contributed by atoms with Gasteiger partial charge in [-0.05, 0) is 12.5 Å². The average molecular weight is 221 g/mol. The monoisotopic (exact) mass is 221 g/mol.